The molecule has 2 aromatic carbocycles. The van der Waals surface area contributed by atoms with E-state index in [9.17, 15) is 24.3 Å². The van der Waals surface area contributed by atoms with Crippen LogP contribution in [-0.4, -0.2) is 33.4 Å². The largest absolute Gasteiger partial charge is 0.478 e. The maximum Gasteiger partial charge on any atom is 0.340 e. The molecule has 0 bridgehead atoms. The number of rotatable bonds is 9. The zero-order valence-electron chi connectivity index (χ0n) is 14.1. The number of aromatic carboxylic acids is 1. The third kappa shape index (κ3) is 6.33. The van der Waals surface area contributed by atoms with Crippen molar-refractivity contribution in [3.63, 3.8) is 0 Å². The lowest BCUT2D eigenvalue weighted by atomic mass is 10.2. The van der Waals surface area contributed by atoms with Gasteiger partial charge in [0.05, 0.1) is 17.5 Å². The van der Waals surface area contributed by atoms with E-state index in [0.717, 1.165) is 0 Å². The number of carbonyl (C=O) groups excluding carboxylic acids is 3. The average molecular weight is 455 g/mol. The van der Waals surface area contributed by atoms with Crippen molar-refractivity contribution in [2.24, 2.45) is 0 Å². The van der Waals surface area contributed by atoms with Gasteiger partial charge < -0.3 is 9.84 Å². The monoisotopic (exact) mass is 454 g/mol. The lowest BCUT2D eigenvalue weighted by Crippen LogP contribution is -2.26. The molecule has 0 heterocycles. The number of esters is 1. The van der Waals surface area contributed by atoms with Crippen molar-refractivity contribution in [2.75, 3.05) is 0 Å². The summed E-state index contributed by atoms with van der Waals surface area (Å²) in [7, 11) is 2.35. The Balaban J connectivity index is 2.18. The minimum absolute atomic E-state index is 0.146. The Bertz CT molecular complexity index is 914. The number of ether oxygens (including phenoxy) is 1. The molecule has 10 heteroatoms. The van der Waals surface area contributed by atoms with E-state index >= 15 is 0 Å². The Kier molecular flexibility index (Phi) is 8.49. The SMILES string of the molecule is O=C(S)CC(OC(=O)c1ccccc1SSc1ccccc1C(=O)O)C(=O)S. The van der Waals surface area contributed by atoms with E-state index in [0.29, 0.717) is 9.79 Å². The van der Waals surface area contributed by atoms with Crippen molar-refractivity contribution in [2.45, 2.75) is 22.3 Å². The van der Waals surface area contributed by atoms with Gasteiger partial charge in [-0.15, -0.1) is 25.3 Å². The summed E-state index contributed by atoms with van der Waals surface area (Å²) in [6.45, 7) is 0. The topological polar surface area (TPSA) is 97.7 Å². The van der Waals surface area contributed by atoms with Crippen LogP contribution in [0.25, 0.3) is 0 Å². The Hall–Kier alpha value is -1.88. The molecular formula is C18H14O6S4. The van der Waals surface area contributed by atoms with Gasteiger partial charge in [0.25, 0.3) is 0 Å². The van der Waals surface area contributed by atoms with Gasteiger partial charge in [-0.1, -0.05) is 45.9 Å². The number of benzene rings is 2. The van der Waals surface area contributed by atoms with Gasteiger partial charge in [0.15, 0.2) is 11.2 Å². The Morgan fingerprint density at radius 3 is 1.89 bits per heavy atom. The number of hydrogen-bond acceptors (Lipinski definition) is 7. The van der Waals surface area contributed by atoms with Crippen LogP contribution in [0, 0.1) is 0 Å². The van der Waals surface area contributed by atoms with Gasteiger partial charge in [-0.3, -0.25) is 9.59 Å². The lowest BCUT2D eigenvalue weighted by molar-refractivity contribution is -0.123. The molecule has 146 valence electrons. The predicted octanol–water partition coefficient (Wildman–Crippen LogP) is 4.01. The molecule has 0 fully saturated rings. The van der Waals surface area contributed by atoms with Crippen LogP contribution in [0.2, 0.25) is 0 Å². The molecule has 0 radical (unpaired) electrons. The van der Waals surface area contributed by atoms with E-state index in [-0.39, 0.29) is 17.5 Å². The van der Waals surface area contributed by atoms with E-state index < -0.39 is 28.3 Å². The standard InChI is InChI=1S/C18H14O6S4/c19-15(25)9-12(18(23)26)24-17(22)11-6-2-4-8-14(11)28-27-13-7-3-1-5-10(13)16(20)21/h1-8,12H,9H2,(H,19,25)(H,20,21)(H,23,26). The van der Waals surface area contributed by atoms with Gasteiger partial charge in [0.2, 0.25) is 5.12 Å². The maximum atomic E-state index is 12.5. The summed E-state index contributed by atoms with van der Waals surface area (Å²) in [5, 5.41) is 7.89. The molecule has 0 aliphatic rings. The van der Waals surface area contributed by atoms with Gasteiger partial charge in [-0.25, -0.2) is 9.59 Å². The van der Waals surface area contributed by atoms with E-state index in [4.69, 9.17) is 4.74 Å². The van der Waals surface area contributed by atoms with Crippen LogP contribution in [0.15, 0.2) is 58.3 Å². The van der Waals surface area contributed by atoms with E-state index in [1.165, 1.54) is 33.7 Å². The molecule has 6 nitrogen and oxygen atoms in total. The van der Waals surface area contributed by atoms with Crippen LogP contribution in [0.5, 0.6) is 0 Å². The summed E-state index contributed by atoms with van der Waals surface area (Å²) in [4.78, 5) is 47.4. The fourth-order valence-corrected chi connectivity index (χ4v) is 4.70. The molecule has 0 aliphatic carbocycles. The van der Waals surface area contributed by atoms with Crippen LogP contribution >= 0.6 is 46.8 Å². The summed E-state index contributed by atoms with van der Waals surface area (Å²) in [6, 6.07) is 13.0. The van der Waals surface area contributed by atoms with Crippen LogP contribution < -0.4 is 0 Å². The van der Waals surface area contributed by atoms with Gasteiger partial charge in [-0.05, 0) is 24.3 Å². The van der Waals surface area contributed by atoms with Crippen LogP contribution in [0.1, 0.15) is 27.1 Å². The molecule has 0 amide bonds. The number of carbonyl (C=O) groups is 4. The molecule has 0 aliphatic heterocycles. The Morgan fingerprint density at radius 1 is 0.893 bits per heavy atom. The van der Waals surface area contributed by atoms with Gasteiger partial charge in [-0.2, -0.15) is 0 Å². The second kappa shape index (κ2) is 10.6. The van der Waals surface area contributed by atoms with Crippen molar-refractivity contribution in [3.8, 4) is 0 Å². The first-order valence-corrected chi connectivity index (χ1v) is 10.8. The molecule has 0 saturated heterocycles. The minimum Gasteiger partial charge on any atom is -0.478 e. The zero-order valence-corrected chi connectivity index (χ0v) is 17.5. The highest BCUT2D eigenvalue weighted by Crippen LogP contribution is 2.40. The van der Waals surface area contributed by atoms with Gasteiger partial charge in [0.1, 0.15) is 0 Å². The average Bonchev–Trinajstić information content (AvgIpc) is 2.65. The highest BCUT2D eigenvalue weighted by molar-refractivity contribution is 8.76. The molecule has 1 unspecified atom stereocenters. The van der Waals surface area contributed by atoms with Crippen LogP contribution in [0.3, 0.4) is 0 Å². The third-order valence-electron chi connectivity index (χ3n) is 3.33. The number of carboxylic acid groups (broad SMARTS) is 1. The van der Waals surface area contributed by atoms with Crippen LogP contribution in [-0.2, 0) is 14.3 Å². The van der Waals surface area contributed by atoms with E-state index in [2.05, 4.69) is 25.3 Å². The van der Waals surface area contributed by atoms with Crippen molar-refractivity contribution < 1.29 is 29.0 Å². The van der Waals surface area contributed by atoms with Crippen molar-refractivity contribution >= 4 is 69.0 Å². The quantitative estimate of drug-likeness (QED) is 0.297. The molecule has 2 aromatic rings. The van der Waals surface area contributed by atoms with Crippen molar-refractivity contribution in [1.82, 2.24) is 0 Å². The fraction of sp³-hybridized carbons (Fsp3) is 0.111. The molecular weight excluding hydrogens is 440 g/mol. The van der Waals surface area contributed by atoms with Gasteiger partial charge in [0, 0.05) is 9.79 Å². The second-order valence-corrected chi connectivity index (χ2v) is 8.45. The Morgan fingerprint density at radius 2 is 1.39 bits per heavy atom. The van der Waals surface area contributed by atoms with Gasteiger partial charge >= 0.3 is 11.9 Å². The first kappa shape index (κ1) is 22.4. The number of carboxylic acids is 1. The Labute approximate surface area is 179 Å². The second-order valence-electron chi connectivity index (χ2n) is 5.29. The highest BCUT2D eigenvalue weighted by Gasteiger charge is 2.24. The third-order valence-corrected chi connectivity index (χ3v) is 6.28. The maximum absolute atomic E-state index is 12.5. The van der Waals surface area contributed by atoms with E-state index in [1.54, 1.807) is 36.4 Å². The first-order valence-electron chi connectivity index (χ1n) is 7.71. The molecule has 1 atom stereocenters. The zero-order chi connectivity index (χ0) is 20.7. The highest BCUT2D eigenvalue weighted by atomic mass is 33.1. The van der Waals surface area contributed by atoms with Crippen molar-refractivity contribution in [3.05, 3.63) is 59.7 Å². The normalized spacial score (nSPS) is 11.5. The molecule has 1 N–H and O–H groups in total. The summed E-state index contributed by atoms with van der Waals surface area (Å²) in [5.74, 6) is -1.85. The summed E-state index contributed by atoms with van der Waals surface area (Å²) in [5.41, 5.74) is 0.326. The summed E-state index contributed by atoms with van der Waals surface area (Å²) < 4.78 is 5.11. The fourth-order valence-electron chi connectivity index (χ4n) is 2.04. The summed E-state index contributed by atoms with van der Waals surface area (Å²) in [6.07, 6.45) is -1.72. The molecule has 28 heavy (non-hydrogen) atoms. The predicted molar refractivity (Wildman–Crippen MR) is 113 cm³/mol. The first-order chi connectivity index (χ1) is 13.3. The van der Waals surface area contributed by atoms with Crippen LogP contribution in [0.4, 0.5) is 0 Å². The molecule has 0 aromatic heterocycles. The minimum atomic E-state index is -1.33. The molecule has 2 rings (SSSR count). The lowest BCUT2D eigenvalue weighted by Gasteiger charge is -2.14. The molecule has 0 saturated carbocycles. The van der Waals surface area contributed by atoms with Crippen molar-refractivity contribution in [1.29, 1.82) is 0 Å². The number of hydrogen-bond donors (Lipinski definition) is 3. The summed E-state index contributed by atoms with van der Waals surface area (Å²) >= 11 is 7.22. The van der Waals surface area contributed by atoms with E-state index in [1.807, 2.05) is 0 Å². The smallest absolute Gasteiger partial charge is 0.340 e. The number of thiol groups is 2. The molecule has 0 spiro atoms.